The fourth-order valence-electron chi connectivity index (χ4n) is 3.82. The van der Waals surface area contributed by atoms with E-state index in [4.69, 9.17) is 23.2 Å². The van der Waals surface area contributed by atoms with E-state index in [1.54, 1.807) is 37.3 Å². The number of benzene rings is 3. The molecule has 2 aromatic heterocycles. The number of hydrogen-bond donors (Lipinski definition) is 2. The number of aromatic amines is 1. The number of aryl methyl sites for hydroxylation is 1. The van der Waals surface area contributed by atoms with E-state index in [0.29, 0.717) is 39.2 Å². The molecule has 2 N–H and O–H groups in total. The van der Waals surface area contributed by atoms with E-state index in [0.717, 1.165) is 6.07 Å². The second kappa shape index (κ2) is 10.1. The minimum atomic E-state index is -4.12. The Bertz CT molecular complexity index is 1810. The number of nitrogens with zero attached hydrogens (tertiary/aromatic N) is 3. The number of carbonyl (C=O) groups excluding carboxylic acids is 1. The zero-order chi connectivity index (χ0) is 27.0. The molecule has 5 rings (SSSR count). The molecule has 0 spiro atoms. The number of fused-ring (bicyclic) bond motifs is 1. The van der Waals surface area contributed by atoms with E-state index >= 15 is 0 Å². The highest BCUT2D eigenvalue weighted by Gasteiger charge is 2.20. The zero-order valence-electron chi connectivity index (χ0n) is 19.7. The fourth-order valence-corrected chi connectivity index (χ4v) is 5.44. The third kappa shape index (κ3) is 5.10. The van der Waals surface area contributed by atoms with Crippen molar-refractivity contribution >= 4 is 55.9 Å². The van der Waals surface area contributed by atoms with Gasteiger partial charge in [-0.25, -0.2) is 22.8 Å². The molecule has 0 unspecified atom stereocenters. The summed E-state index contributed by atoms with van der Waals surface area (Å²) in [6.07, 6.45) is 1.50. The molecule has 0 amide bonds. The van der Waals surface area contributed by atoms with E-state index in [2.05, 4.69) is 24.9 Å². The first kappa shape index (κ1) is 25.8. The van der Waals surface area contributed by atoms with Crippen LogP contribution in [-0.2, 0) is 16.4 Å². The van der Waals surface area contributed by atoms with Gasteiger partial charge in [0, 0.05) is 16.8 Å². The lowest BCUT2D eigenvalue weighted by molar-refractivity contribution is 0.0992. The average molecular weight is 570 g/mol. The number of rotatable bonds is 7. The summed E-state index contributed by atoms with van der Waals surface area (Å²) in [6.45, 7) is 1.68. The van der Waals surface area contributed by atoms with Crippen LogP contribution in [0, 0.1) is 12.7 Å². The van der Waals surface area contributed by atoms with Gasteiger partial charge in [0.2, 0.25) is 0 Å². The molecule has 0 aliphatic rings. The first-order valence-electron chi connectivity index (χ1n) is 11.2. The standard InChI is InChI=1S/C26H18Cl2FN5O3S/c1-14-5-10-19(29)23(11-14)38(36,37)34-16-8-6-15(7-9-16)21-13-30-25-20(32-33-26(25)31-21)12-22(35)17-3-2-4-18(27)24(17)28/h2-11,13,34H,12H2,1H3,(H,31,32,33). The van der Waals surface area contributed by atoms with Gasteiger partial charge < -0.3 is 0 Å². The molecule has 0 saturated carbocycles. The van der Waals surface area contributed by atoms with Gasteiger partial charge >= 0.3 is 0 Å². The van der Waals surface area contributed by atoms with Gasteiger partial charge in [-0.1, -0.05) is 47.5 Å². The van der Waals surface area contributed by atoms with Crippen molar-refractivity contribution in [3.63, 3.8) is 0 Å². The number of nitrogens with one attached hydrogen (secondary N) is 2. The van der Waals surface area contributed by atoms with Crippen LogP contribution in [0.25, 0.3) is 22.4 Å². The first-order chi connectivity index (χ1) is 18.1. The Balaban J connectivity index is 1.35. The Morgan fingerprint density at radius 2 is 1.84 bits per heavy atom. The molecular formula is C26H18Cl2FN5O3S. The molecule has 0 bridgehead atoms. The summed E-state index contributed by atoms with van der Waals surface area (Å²) in [5.74, 6) is -1.09. The van der Waals surface area contributed by atoms with Crippen molar-refractivity contribution in [1.82, 2.24) is 20.2 Å². The van der Waals surface area contributed by atoms with Gasteiger partial charge in [0.1, 0.15) is 16.2 Å². The number of carbonyl (C=O) groups is 1. The van der Waals surface area contributed by atoms with E-state index in [1.165, 1.54) is 30.5 Å². The lowest BCUT2D eigenvalue weighted by Crippen LogP contribution is -2.14. The van der Waals surface area contributed by atoms with E-state index in [9.17, 15) is 17.6 Å². The summed E-state index contributed by atoms with van der Waals surface area (Å²) in [5, 5.41) is 7.45. The summed E-state index contributed by atoms with van der Waals surface area (Å²) in [6, 6.07) is 15.1. The summed E-state index contributed by atoms with van der Waals surface area (Å²) in [5.41, 5.74) is 3.53. The van der Waals surface area contributed by atoms with Crippen LogP contribution in [0.2, 0.25) is 10.0 Å². The third-order valence-electron chi connectivity index (χ3n) is 5.74. The Morgan fingerprint density at radius 1 is 1.08 bits per heavy atom. The average Bonchev–Trinajstić information content (AvgIpc) is 3.29. The molecule has 2 heterocycles. The zero-order valence-corrected chi connectivity index (χ0v) is 22.0. The quantitative estimate of drug-likeness (QED) is 0.232. The molecule has 0 saturated heterocycles. The van der Waals surface area contributed by atoms with Crippen LogP contribution in [0.15, 0.2) is 71.8 Å². The van der Waals surface area contributed by atoms with Crippen LogP contribution in [0.3, 0.4) is 0 Å². The molecule has 0 atom stereocenters. The van der Waals surface area contributed by atoms with Crippen molar-refractivity contribution in [2.24, 2.45) is 0 Å². The van der Waals surface area contributed by atoms with Crippen molar-refractivity contribution < 1.29 is 17.6 Å². The highest BCUT2D eigenvalue weighted by Crippen LogP contribution is 2.28. The summed E-state index contributed by atoms with van der Waals surface area (Å²) < 4.78 is 41.8. The minimum Gasteiger partial charge on any atom is -0.294 e. The highest BCUT2D eigenvalue weighted by atomic mass is 35.5. The Morgan fingerprint density at radius 3 is 2.61 bits per heavy atom. The number of H-pyrrole nitrogens is 1. The summed E-state index contributed by atoms with van der Waals surface area (Å²) in [7, 11) is -4.12. The van der Waals surface area contributed by atoms with Crippen molar-refractivity contribution in [2.45, 2.75) is 18.2 Å². The molecule has 38 heavy (non-hydrogen) atoms. The normalized spacial score (nSPS) is 11.6. The van der Waals surface area contributed by atoms with Gasteiger partial charge in [-0.05, 0) is 48.9 Å². The lowest BCUT2D eigenvalue weighted by Gasteiger charge is -2.10. The number of hydrogen-bond acceptors (Lipinski definition) is 6. The van der Waals surface area contributed by atoms with Crippen LogP contribution >= 0.6 is 23.2 Å². The van der Waals surface area contributed by atoms with Crippen LogP contribution in [0.1, 0.15) is 21.6 Å². The van der Waals surface area contributed by atoms with Gasteiger partial charge in [0.05, 0.1) is 34.1 Å². The van der Waals surface area contributed by atoms with Crippen LogP contribution in [0.5, 0.6) is 0 Å². The van der Waals surface area contributed by atoms with Crippen LogP contribution in [-0.4, -0.2) is 34.4 Å². The number of aromatic nitrogens is 4. The SMILES string of the molecule is Cc1ccc(F)c(S(=O)(=O)Nc2ccc(-c3cnc4c(CC(=O)c5cccc(Cl)c5Cl)[nH]nc4n3)cc2)c1. The smallest absolute Gasteiger partial charge is 0.264 e. The maximum absolute atomic E-state index is 14.1. The molecule has 3 aromatic carbocycles. The minimum absolute atomic E-state index is 0.0268. The first-order valence-corrected chi connectivity index (χ1v) is 13.4. The Hall–Kier alpha value is -3.86. The number of ketones is 1. The Kier molecular flexibility index (Phi) is 6.87. The molecule has 12 heteroatoms. The van der Waals surface area contributed by atoms with E-state index in [1.807, 2.05) is 0 Å². The van der Waals surface area contributed by atoms with Crippen molar-refractivity contribution in [1.29, 1.82) is 0 Å². The lowest BCUT2D eigenvalue weighted by atomic mass is 10.1. The molecule has 8 nitrogen and oxygen atoms in total. The topological polar surface area (TPSA) is 118 Å². The van der Waals surface area contributed by atoms with Gasteiger partial charge in [0.15, 0.2) is 11.4 Å². The van der Waals surface area contributed by atoms with E-state index in [-0.39, 0.29) is 27.9 Å². The number of sulfonamides is 1. The third-order valence-corrected chi connectivity index (χ3v) is 7.95. The van der Waals surface area contributed by atoms with Gasteiger partial charge in [-0.15, -0.1) is 0 Å². The Labute approximate surface area is 226 Å². The second-order valence-corrected chi connectivity index (χ2v) is 10.9. The predicted octanol–water partition coefficient (Wildman–Crippen LogP) is 6.00. The molecule has 0 radical (unpaired) electrons. The van der Waals surface area contributed by atoms with Crippen molar-refractivity contribution in [2.75, 3.05) is 4.72 Å². The molecule has 0 aliphatic heterocycles. The molecule has 0 fully saturated rings. The number of anilines is 1. The van der Waals surface area contributed by atoms with Gasteiger partial charge in [-0.3, -0.25) is 14.6 Å². The van der Waals surface area contributed by atoms with Gasteiger partial charge in [0.25, 0.3) is 10.0 Å². The number of halogens is 3. The maximum atomic E-state index is 14.1. The molecule has 192 valence electrons. The predicted molar refractivity (Wildman–Crippen MR) is 144 cm³/mol. The molecule has 5 aromatic rings. The van der Waals surface area contributed by atoms with Gasteiger partial charge in [-0.2, -0.15) is 5.10 Å². The van der Waals surface area contributed by atoms with Crippen LogP contribution in [0.4, 0.5) is 10.1 Å². The molecule has 0 aliphatic carbocycles. The fraction of sp³-hybridized carbons (Fsp3) is 0.0769. The second-order valence-electron chi connectivity index (χ2n) is 8.45. The largest absolute Gasteiger partial charge is 0.294 e. The van der Waals surface area contributed by atoms with Crippen LogP contribution < -0.4 is 4.72 Å². The molecular weight excluding hydrogens is 552 g/mol. The maximum Gasteiger partial charge on any atom is 0.264 e. The summed E-state index contributed by atoms with van der Waals surface area (Å²) in [4.78, 5) is 21.3. The van der Waals surface area contributed by atoms with E-state index < -0.39 is 20.7 Å². The monoisotopic (exact) mass is 569 g/mol. The van der Waals surface area contributed by atoms with Crippen molar-refractivity contribution in [3.05, 3.63) is 99.5 Å². The summed E-state index contributed by atoms with van der Waals surface area (Å²) >= 11 is 12.2. The highest BCUT2D eigenvalue weighted by molar-refractivity contribution is 7.92. The number of Topliss-reactive ketones (excluding diaryl/α,β-unsaturated/α-hetero) is 1. The van der Waals surface area contributed by atoms with Crippen molar-refractivity contribution in [3.8, 4) is 11.3 Å².